The Kier molecular flexibility index (Phi) is 4.72. The van der Waals surface area contributed by atoms with E-state index < -0.39 is 0 Å². The van der Waals surface area contributed by atoms with E-state index in [1.807, 2.05) is 4.68 Å². The van der Waals surface area contributed by atoms with E-state index in [9.17, 15) is 0 Å². The first kappa shape index (κ1) is 13.5. The lowest BCUT2D eigenvalue weighted by Gasteiger charge is -2.31. The standard InChI is InChI=1S/C13H24N4O/c1-2-17-12(15-11-16-17)9-18-13(10-14)7-5-3-4-6-8-13/h11H,2-10,14H2,1H3. The maximum absolute atomic E-state index is 6.14. The molecule has 0 atom stereocenters. The average molecular weight is 252 g/mol. The summed E-state index contributed by atoms with van der Waals surface area (Å²) in [6.07, 6.45) is 8.78. The van der Waals surface area contributed by atoms with Crippen LogP contribution in [0.2, 0.25) is 0 Å². The van der Waals surface area contributed by atoms with Crippen molar-refractivity contribution in [1.29, 1.82) is 0 Å². The third-order valence-corrected chi connectivity index (χ3v) is 3.89. The summed E-state index contributed by atoms with van der Waals surface area (Å²) in [6, 6.07) is 0. The SMILES string of the molecule is CCn1ncnc1COC1(CN)CCCCCC1. The van der Waals surface area contributed by atoms with E-state index in [1.54, 1.807) is 6.33 Å². The van der Waals surface area contributed by atoms with Crippen LogP contribution < -0.4 is 5.73 Å². The Labute approximate surface area is 109 Å². The Bertz CT molecular complexity index is 356. The fourth-order valence-corrected chi connectivity index (χ4v) is 2.66. The van der Waals surface area contributed by atoms with Crippen molar-refractivity contribution in [3.63, 3.8) is 0 Å². The molecule has 5 heteroatoms. The van der Waals surface area contributed by atoms with Crippen LogP contribution >= 0.6 is 0 Å². The number of ether oxygens (including phenoxy) is 1. The Morgan fingerprint density at radius 2 is 2.06 bits per heavy atom. The molecule has 1 saturated carbocycles. The summed E-state index contributed by atoms with van der Waals surface area (Å²) in [7, 11) is 0. The van der Waals surface area contributed by atoms with Crippen molar-refractivity contribution in [2.24, 2.45) is 5.73 Å². The molecule has 0 saturated heterocycles. The van der Waals surface area contributed by atoms with Crippen LogP contribution in [0.1, 0.15) is 51.3 Å². The second-order valence-corrected chi connectivity index (χ2v) is 5.08. The molecule has 2 N–H and O–H groups in total. The second-order valence-electron chi connectivity index (χ2n) is 5.08. The summed E-state index contributed by atoms with van der Waals surface area (Å²) in [5.41, 5.74) is 5.81. The first-order valence-corrected chi connectivity index (χ1v) is 7.00. The maximum Gasteiger partial charge on any atom is 0.152 e. The molecule has 0 amide bonds. The lowest BCUT2D eigenvalue weighted by molar-refractivity contribution is -0.0637. The molecular weight excluding hydrogens is 228 g/mol. The third kappa shape index (κ3) is 3.09. The second kappa shape index (κ2) is 6.29. The van der Waals surface area contributed by atoms with Gasteiger partial charge in [0, 0.05) is 13.1 Å². The minimum atomic E-state index is -0.138. The van der Waals surface area contributed by atoms with Crippen LogP contribution in [0.5, 0.6) is 0 Å². The highest BCUT2D eigenvalue weighted by atomic mass is 16.5. The number of nitrogens with zero attached hydrogens (tertiary/aromatic N) is 3. The zero-order valence-corrected chi connectivity index (χ0v) is 11.3. The van der Waals surface area contributed by atoms with Crippen LogP contribution in [0.4, 0.5) is 0 Å². The predicted molar refractivity (Wildman–Crippen MR) is 70.0 cm³/mol. The van der Waals surface area contributed by atoms with E-state index in [4.69, 9.17) is 10.5 Å². The predicted octanol–water partition coefficient (Wildman–Crippen LogP) is 1.87. The number of hydrogen-bond acceptors (Lipinski definition) is 4. The molecule has 1 fully saturated rings. The fourth-order valence-electron chi connectivity index (χ4n) is 2.66. The maximum atomic E-state index is 6.14. The summed E-state index contributed by atoms with van der Waals surface area (Å²) in [5.74, 6) is 0.898. The van der Waals surface area contributed by atoms with Crippen molar-refractivity contribution < 1.29 is 4.74 Å². The highest BCUT2D eigenvalue weighted by molar-refractivity contribution is 4.87. The third-order valence-electron chi connectivity index (χ3n) is 3.89. The summed E-state index contributed by atoms with van der Waals surface area (Å²) >= 11 is 0. The minimum Gasteiger partial charge on any atom is -0.366 e. The van der Waals surface area contributed by atoms with Gasteiger partial charge in [-0.15, -0.1) is 0 Å². The van der Waals surface area contributed by atoms with Gasteiger partial charge in [0.25, 0.3) is 0 Å². The molecule has 1 heterocycles. The van der Waals surface area contributed by atoms with Crippen molar-refractivity contribution in [2.75, 3.05) is 6.54 Å². The molecule has 0 unspecified atom stereocenters. The molecule has 0 radical (unpaired) electrons. The van der Waals surface area contributed by atoms with Gasteiger partial charge in [0.2, 0.25) is 0 Å². The average Bonchev–Trinajstić information content (AvgIpc) is 2.73. The lowest BCUT2D eigenvalue weighted by Crippen LogP contribution is -2.40. The minimum absolute atomic E-state index is 0.138. The Morgan fingerprint density at radius 3 is 2.67 bits per heavy atom. The monoisotopic (exact) mass is 252 g/mol. The summed E-state index contributed by atoms with van der Waals surface area (Å²) in [5, 5.41) is 4.16. The number of rotatable bonds is 5. The van der Waals surface area contributed by atoms with Gasteiger partial charge in [-0.25, -0.2) is 9.67 Å². The van der Waals surface area contributed by atoms with E-state index >= 15 is 0 Å². The molecule has 5 nitrogen and oxygen atoms in total. The number of aromatic nitrogens is 3. The van der Waals surface area contributed by atoms with Gasteiger partial charge in [0.15, 0.2) is 5.82 Å². The Balaban J connectivity index is 1.97. The molecule has 0 aliphatic heterocycles. The van der Waals surface area contributed by atoms with Crippen LogP contribution in [0.15, 0.2) is 6.33 Å². The van der Waals surface area contributed by atoms with Gasteiger partial charge in [0.1, 0.15) is 12.9 Å². The molecule has 0 spiro atoms. The molecule has 1 aliphatic carbocycles. The van der Waals surface area contributed by atoms with Crippen molar-refractivity contribution in [3.05, 3.63) is 12.2 Å². The van der Waals surface area contributed by atoms with E-state index in [2.05, 4.69) is 17.0 Å². The van der Waals surface area contributed by atoms with Gasteiger partial charge < -0.3 is 10.5 Å². The first-order valence-electron chi connectivity index (χ1n) is 7.00. The van der Waals surface area contributed by atoms with Crippen LogP contribution in [-0.2, 0) is 17.9 Å². The molecule has 1 aliphatic rings. The van der Waals surface area contributed by atoms with E-state index in [1.165, 1.54) is 25.7 Å². The van der Waals surface area contributed by atoms with Crippen molar-refractivity contribution >= 4 is 0 Å². The molecule has 102 valence electrons. The zero-order valence-electron chi connectivity index (χ0n) is 11.3. The van der Waals surface area contributed by atoms with Gasteiger partial charge in [-0.05, 0) is 19.8 Å². The van der Waals surface area contributed by atoms with Crippen molar-refractivity contribution in [2.45, 2.75) is 64.2 Å². The van der Waals surface area contributed by atoms with Crippen molar-refractivity contribution in [3.8, 4) is 0 Å². The molecule has 1 aromatic rings. The summed E-state index contributed by atoms with van der Waals surface area (Å²) in [6.45, 7) is 4.01. The van der Waals surface area contributed by atoms with Gasteiger partial charge >= 0.3 is 0 Å². The normalized spacial score (nSPS) is 19.7. The smallest absolute Gasteiger partial charge is 0.152 e. The zero-order chi connectivity index (χ0) is 12.8. The molecular formula is C13H24N4O. The van der Waals surface area contributed by atoms with Crippen molar-refractivity contribution in [1.82, 2.24) is 14.8 Å². The Hall–Kier alpha value is -0.940. The van der Waals surface area contributed by atoms with Gasteiger partial charge in [0.05, 0.1) is 5.60 Å². The van der Waals surface area contributed by atoms with Gasteiger partial charge in [-0.3, -0.25) is 0 Å². The van der Waals surface area contributed by atoms with Gasteiger partial charge in [-0.1, -0.05) is 25.7 Å². The fraction of sp³-hybridized carbons (Fsp3) is 0.846. The molecule has 2 rings (SSSR count). The van der Waals surface area contributed by atoms with Crippen LogP contribution in [0.3, 0.4) is 0 Å². The molecule has 1 aromatic heterocycles. The van der Waals surface area contributed by atoms with Gasteiger partial charge in [-0.2, -0.15) is 5.10 Å². The van der Waals surface area contributed by atoms with Crippen LogP contribution in [-0.4, -0.2) is 26.9 Å². The molecule has 18 heavy (non-hydrogen) atoms. The molecule has 0 aromatic carbocycles. The number of aryl methyl sites for hydroxylation is 1. The molecule has 0 bridgehead atoms. The number of hydrogen-bond donors (Lipinski definition) is 1. The van der Waals surface area contributed by atoms with Crippen LogP contribution in [0.25, 0.3) is 0 Å². The van der Waals surface area contributed by atoms with E-state index in [-0.39, 0.29) is 5.60 Å². The highest BCUT2D eigenvalue weighted by Gasteiger charge is 2.30. The quantitative estimate of drug-likeness (QED) is 0.812. The first-order chi connectivity index (χ1) is 8.79. The topological polar surface area (TPSA) is 66.0 Å². The summed E-state index contributed by atoms with van der Waals surface area (Å²) < 4.78 is 8.01. The highest BCUT2D eigenvalue weighted by Crippen LogP contribution is 2.30. The summed E-state index contributed by atoms with van der Waals surface area (Å²) in [4.78, 5) is 4.25. The number of nitrogens with two attached hydrogens (primary N) is 1. The van der Waals surface area contributed by atoms with E-state index in [0.717, 1.165) is 25.2 Å². The largest absolute Gasteiger partial charge is 0.366 e. The lowest BCUT2D eigenvalue weighted by atomic mass is 9.94. The Morgan fingerprint density at radius 1 is 1.33 bits per heavy atom. The van der Waals surface area contributed by atoms with E-state index in [0.29, 0.717) is 13.2 Å². The van der Waals surface area contributed by atoms with Crippen LogP contribution in [0, 0.1) is 0 Å².